The van der Waals surface area contributed by atoms with Crippen molar-refractivity contribution in [2.45, 2.75) is 58.3 Å². The highest BCUT2D eigenvalue weighted by atomic mass is 19.3. The van der Waals surface area contributed by atoms with E-state index in [9.17, 15) is 8.78 Å². The third kappa shape index (κ3) is 6.10. The maximum atomic E-state index is 13.3. The third-order valence-corrected chi connectivity index (χ3v) is 4.09. The van der Waals surface area contributed by atoms with Gasteiger partial charge in [-0.2, -0.15) is 0 Å². The molecule has 0 amide bonds. The highest BCUT2D eigenvalue weighted by molar-refractivity contribution is 5.77. The number of unbranched alkanes of at least 4 members (excludes halogenated alkanes) is 4. The largest absolute Gasteiger partial charge is 0.493 e. The molecule has 1 aromatic rings. The summed E-state index contributed by atoms with van der Waals surface area (Å²) in [5.41, 5.74) is 0.842. The first-order chi connectivity index (χ1) is 11.7. The van der Waals surface area contributed by atoms with Crippen molar-refractivity contribution in [2.75, 3.05) is 19.8 Å². The van der Waals surface area contributed by atoms with Crippen molar-refractivity contribution < 1.29 is 18.3 Å². The molecule has 2 rings (SSSR count). The molecule has 134 valence electrons. The van der Waals surface area contributed by atoms with Crippen molar-refractivity contribution in [1.29, 1.82) is 0 Å². The summed E-state index contributed by atoms with van der Waals surface area (Å²) >= 11 is 0. The summed E-state index contributed by atoms with van der Waals surface area (Å²) in [5, 5.41) is 0. The Balaban J connectivity index is 1.86. The van der Waals surface area contributed by atoms with Gasteiger partial charge < -0.3 is 9.47 Å². The van der Waals surface area contributed by atoms with Gasteiger partial charge in [-0.25, -0.2) is 8.78 Å². The summed E-state index contributed by atoms with van der Waals surface area (Å²) in [4.78, 5) is 4.22. The third-order valence-electron chi connectivity index (χ3n) is 4.09. The highest BCUT2D eigenvalue weighted by Crippen LogP contribution is 2.30. The molecule has 0 fully saturated rings. The fourth-order valence-electron chi connectivity index (χ4n) is 2.73. The lowest BCUT2D eigenvalue weighted by molar-refractivity contribution is 0.144. The minimum atomic E-state index is -2.53. The first kappa shape index (κ1) is 18.7. The number of benzene rings is 1. The summed E-state index contributed by atoms with van der Waals surface area (Å²) in [5.74, 6) is 1.03. The van der Waals surface area contributed by atoms with E-state index in [0.29, 0.717) is 38.3 Å². The summed E-state index contributed by atoms with van der Waals surface area (Å²) in [6, 6.07) is 5.07. The first-order valence-corrected chi connectivity index (χ1v) is 8.90. The van der Waals surface area contributed by atoms with E-state index in [0.717, 1.165) is 24.3 Å². The zero-order valence-electron chi connectivity index (χ0n) is 14.4. The predicted molar refractivity (Wildman–Crippen MR) is 92.2 cm³/mol. The molecule has 0 aliphatic carbocycles. The SMILES string of the molecule is CCCCCCCOc1ccc(CCC2=NCCO2)cc1C(F)F. The van der Waals surface area contributed by atoms with Gasteiger partial charge in [0.2, 0.25) is 0 Å². The Morgan fingerprint density at radius 2 is 2.00 bits per heavy atom. The van der Waals surface area contributed by atoms with E-state index in [1.54, 1.807) is 12.1 Å². The molecule has 5 heteroatoms. The molecular formula is C19H27F2NO2. The molecule has 0 N–H and O–H groups in total. The van der Waals surface area contributed by atoms with Gasteiger partial charge in [-0.05, 0) is 30.5 Å². The maximum Gasteiger partial charge on any atom is 0.267 e. The van der Waals surface area contributed by atoms with E-state index >= 15 is 0 Å². The number of hydrogen-bond acceptors (Lipinski definition) is 3. The average Bonchev–Trinajstić information content (AvgIpc) is 3.10. The maximum absolute atomic E-state index is 13.3. The molecule has 1 aromatic carbocycles. The van der Waals surface area contributed by atoms with Gasteiger partial charge in [0.05, 0.1) is 18.7 Å². The van der Waals surface area contributed by atoms with E-state index in [2.05, 4.69) is 11.9 Å². The van der Waals surface area contributed by atoms with Crippen LogP contribution < -0.4 is 4.74 Å². The molecule has 0 saturated carbocycles. The van der Waals surface area contributed by atoms with E-state index in [-0.39, 0.29) is 5.56 Å². The molecule has 3 nitrogen and oxygen atoms in total. The Morgan fingerprint density at radius 1 is 1.17 bits per heavy atom. The minimum absolute atomic E-state index is 0.0182. The van der Waals surface area contributed by atoms with Crippen LogP contribution in [0, 0.1) is 0 Å². The zero-order valence-corrected chi connectivity index (χ0v) is 14.4. The second-order valence-electron chi connectivity index (χ2n) is 6.06. The number of aliphatic imine (C=N–C) groups is 1. The number of rotatable bonds is 11. The molecule has 0 atom stereocenters. The van der Waals surface area contributed by atoms with Crippen LogP contribution in [0.2, 0.25) is 0 Å². The molecule has 0 unspecified atom stereocenters. The van der Waals surface area contributed by atoms with Crippen LogP contribution in [0.25, 0.3) is 0 Å². The number of alkyl halides is 2. The lowest BCUT2D eigenvalue weighted by Crippen LogP contribution is -2.03. The lowest BCUT2D eigenvalue weighted by Gasteiger charge is -2.13. The van der Waals surface area contributed by atoms with Crippen LogP contribution in [0.4, 0.5) is 8.78 Å². The molecule has 1 aliphatic heterocycles. The first-order valence-electron chi connectivity index (χ1n) is 8.90. The number of halogens is 2. The van der Waals surface area contributed by atoms with Gasteiger partial charge in [0.25, 0.3) is 6.43 Å². The molecule has 24 heavy (non-hydrogen) atoms. The van der Waals surface area contributed by atoms with Crippen LogP contribution in [0.1, 0.15) is 63.0 Å². The molecule has 0 radical (unpaired) electrons. The Hall–Kier alpha value is -1.65. The standard InChI is InChI=1S/C19H27F2NO2/c1-2-3-4-5-6-12-23-17-9-7-15(14-16(17)19(20)21)8-10-18-22-11-13-24-18/h7,9,14,19H,2-6,8,10-13H2,1H3. The Labute approximate surface area is 143 Å². The van der Waals surface area contributed by atoms with Crippen LogP contribution >= 0.6 is 0 Å². The fraction of sp³-hybridized carbons (Fsp3) is 0.632. The van der Waals surface area contributed by atoms with Gasteiger partial charge in [-0.3, -0.25) is 4.99 Å². The number of hydrogen-bond donors (Lipinski definition) is 0. The van der Waals surface area contributed by atoms with Gasteiger partial charge in [-0.15, -0.1) is 0 Å². The van der Waals surface area contributed by atoms with E-state index in [1.165, 1.54) is 19.3 Å². The van der Waals surface area contributed by atoms with Crippen molar-refractivity contribution in [3.8, 4) is 5.75 Å². The quantitative estimate of drug-likeness (QED) is 0.510. The van der Waals surface area contributed by atoms with Crippen molar-refractivity contribution in [3.63, 3.8) is 0 Å². The monoisotopic (exact) mass is 339 g/mol. The average molecular weight is 339 g/mol. The molecule has 0 aromatic heterocycles. The van der Waals surface area contributed by atoms with Crippen LogP contribution in [-0.2, 0) is 11.2 Å². The van der Waals surface area contributed by atoms with Crippen LogP contribution in [-0.4, -0.2) is 25.7 Å². The Bertz CT molecular complexity index is 532. The van der Waals surface area contributed by atoms with Crippen LogP contribution in [0.15, 0.2) is 23.2 Å². The lowest BCUT2D eigenvalue weighted by atomic mass is 10.1. The highest BCUT2D eigenvalue weighted by Gasteiger charge is 2.16. The van der Waals surface area contributed by atoms with Crippen LogP contribution in [0.5, 0.6) is 5.75 Å². The summed E-state index contributed by atoms with van der Waals surface area (Å²) < 4.78 is 37.5. The summed E-state index contributed by atoms with van der Waals surface area (Å²) in [6.45, 7) is 3.98. The fourth-order valence-corrected chi connectivity index (χ4v) is 2.73. The van der Waals surface area contributed by atoms with Crippen molar-refractivity contribution >= 4 is 5.90 Å². The second kappa shape index (κ2) is 10.3. The van der Waals surface area contributed by atoms with Gasteiger partial charge in [0.1, 0.15) is 12.4 Å². The summed E-state index contributed by atoms with van der Waals surface area (Å²) in [6.07, 6.45) is 4.34. The zero-order chi connectivity index (χ0) is 17.2. The molecular weight excluding hydrogens is 312 g/mol. The molecule has 0 bridgehead atoms. The van der Waals surface area contributed by atoms with Crippen molar-refractivity contribution in [1.82, 2.24) is 0 Å². The predicted octanol–water partition coefficient (Wildman–Crippen LogP) is 5.33. The molecule has 1 aliphatic rings. The second-order valence-corrected chi connectivity index (χ2v) is 6.06. The van der Waals surface area contributed by atoms with Crippen molar-refractivity contribution in [3.05, 3.63) is 29.3 Å². The van der Waals surface area contributed by atoms with Gasteiger partial charge in [0.15, 0.2) is 5.90 Å². The smallest absolute Gasteiger partial charge is 0.267 e. The number of nitrogens with zero attached hydrogens (tertiary/aromatic N) is 1. The minimum Gasteiger partial charge on any atom is -0.493 e. The number of ether oxygens (including phenoxy) is 2. The number of aryl methyl sites for hydroxylation is 1. The molecule has 0 spiro atoms. The van der Waals surface area contributed by atoms with Crippen LogP contribution in [0.3, 0.4) is 0 Å². The topological polar surface area (TPSA) is 30.8 Å². The van der Waals surface area contributed by atoms with Gasteiger partial charge in [0, 0.05) is 6.42 Å². The Morgan fingerprint density at radius 3 is 2.71 bits per heavy atom. The van der Waals surface area contributed by atoms with Gasteiger partial charge in [-0.1, -0.05) is 38.7 Å². The summed E-state index contributed by atoms with van der Waals surface area (Å²) in [7, 11) is 0. The van der Waals surface area contributed by atoms with Gasteiger partial charge >= 0.3 is 0 Å². The van der Waals surface area contributed by atoms with E-state index in [4.69, 9.17) is 9.47 Å². The molecule has 1 heterocycles. The van der Waals surface area contributed by atoms with Crippen molar-refractivity contribution in [2.24, 2.45) is 4.99 Å². The van der Waals surface area contributed by atoms with E-state index in [1.807, 2.05) is 6.07 Å². The van der Waals surface area contributed by atoms with E-state index < -0.39 is 6.43 Å². The normalized spacial score (nSPS) is 13.9. The molecule has 0 saturated heterocycles. The Kier molecular flexibility index (Phi) is 7.99.